The van der Waals surface area contributed by atoms with Gasteiger partial charge in [-0.2, -0.15) is 0 Å². The monoisotopic (exact) mass is 332 g/mol. The number of nitrogens with one attached hydrogen (secondary N) is 1. The van der Waals surface area contributed by atoms with Gasteiger partial charge in [0.15, 0.2) is 5.11 Å². The number of para-hydroxylation sites is 1. The van der Waals surface area contributed by atoms with Crippen LogP contribution < -0.4 is 10.2 Å². The maximum atomic E-state index is 13.8. The second kappa shape index (κ2) is 5.87. The van der Waals surface area contributed by atoms with E-state index in [4.69, 9.17) is 23.8 Å². The van der Waals surface area contributed by atoms with Crippen LogP contribution in [0, 0.1) is 5.82 Å². The maximum absolute atomic E-state index is 13.8. The summed E-state index contributed by atoms with van der Waals surface area (Å²) in [6, 6.07) is 13.3. The van der Waals surface area contributed by atoms with Crippen molar-refractivity contribution in [2.75, 3.05) is 4.90 Å². The van der Waals surface area contributed by atoms with Crippen molar-refractivity contribution >= 4 is 46.6 Å². The molecule has 0 atom stereocenters. The minimum absolute atomic E-state index is 0.151. The summed E-state index contributed by atoms with van der Waals surface area (Å²) in [4.78, 5) is 13.8. The number of thiocarbonyl (C=S) groups is 1. The van der Waals surface area contributed by atoms with Crippen LogP contribution in [0.5, 0.6) is 0 Å². The highest BCUT2D eigenvalue weighted by atomic mass is 35.5. The highest BCUT2D eigenvalue weighted by molar-refractivity contribution is 7.80. The van der Waals surface area contributed by atoms with Gasteiger partial charge in [-0.05, 0) is 42.6 Å². The molecule has 0 bridgehead atoms. The summed E-state index contributed by atoms with van der Waals surface area (Å²) in [7, 11) is 0. The van der Waals surface area contributed by atoms with Gasteiger partial charge in [-0.3, -0.25) is 9.69 Å². The Bertz CT molecular complexity index is 772. The number of hydrogen-bond donors (Lipinski definition) is 1. The fourth-order valence-corrected chi connectivity index (χ4v) is 2.66. The predicted octanol–water partition coefficient (Wildman–Crippen LogP) is 3.74. The molecular weight excluding hydrogens is 323 g/mol. The van der Waals surface area contributed by atoms with E-state index in [1.54, 1.807) is 30.3 Å². The topological polar surface area (TPSA) is 32.3 Å². The van der Waals surface area contributed by atoms with Gasteiger partial charge < -0.3 is 5.32 Å². The second-order valence-electron chi connectivity index (χ2n) is 4.60. The van der Waals surface area contributed by atoms with Gasteiger partial charge >= 0.3 is 0 Å². The Kier molecular flexibility index (Phi) is 3.92. The van der Waals surface area contributed by atoms with Crippen molar-refractivity contribution in [3.05, 3.63) is 70.6 Å². The number of halogens is 2. The van der Waals surface area contributed by atoms with Crippen molar-refractivity contribution < 1.29 is 9.18 Å². The Hall–Kier alpha value is -2.24. The third kappa shape index (κ3) is 2.61. The summed E-state index contributed by atoms with van der Waals surface area (Å²) in [5.41, 5.74) is 0.978. The molecule has 1 fully saturated rings. The number of anilines is 1. The number of hydrogen-bond acceptors (Lipinski definition) is 2. The molecule has 0 saturated carbocycles. The first kappa shape index (κ1) is 14.7. The van der Waals surface area contributed by atoms with Gasteiger partial charge in [0, 0.05) is 5.56 Å². The third-order valence-electron chi connectivity index (χ3n) is 3.18. The largest absolute Gasteiger partial charge is 0.327 e. The Morgan fingerprint density at radius 2 is 1.86 bits per heavy atom. The zero-order valence-corrected chi connectivity index (χ0v) is 12.8. The van der Waals surface area contributed by atoms with Gasteiger partial charge in [0.2, 0.25) is 0 Å². The van der Waals surface area contributed by atoms with Crippen molar-refractivity contribution in [1.29, 1.82) is 0 Å². The van der Waals surface area contributed by atoms with Gasteiger partial charge in [-0.25, -0.2) is 4.39 Å². The molecule has 22 heavy (non-hydrogen) atoms. The zero-order chi connectivity index (χ0) is 15.7. The molecule has 0 radical (unpaired) electrons. The lowest BCUT2D eigenvalue weighted by Gasteiger charge is -2.13. The van der Waals surface area contributed by atoms with Gasteiger partial charge in [-0.1, -0.05) is 35.9 Å². The highest BCUT2D eigenvalue weighted by Gasteiger charge is 2.32. The van der Waals surface area contributed by atoms with E-state index in [1.807, 2.05) is 6.07 Å². The van der Waals surface area contributed by atoms with Crippen LogP contribution in [0.2, 0.25) is 5.02 Å². The first-order valence-electron chi connectivity index (χ1n) is 6.44. The highest BCUT2D eigenvalue weighted by Crippen LogP contribution is 2.25. The van der Waals surface area contributed by atoms with E-state index in [0.717, 1.165) is 0 Å². The van der Waals surface area contributed by atoms with Crippen LogP contribution in [0.15, 0.2) is 54.2 Å². The van der Waals surface area contributed by atoms with Crippen molar-refractivity contribution in [3.63, 3.8) is 0 Å². The Balaban J connectivity index is 2.00. The molecule has 0 aliphatic carbocycles. The van der Waals surface area contributed by atoms with Crippen LogP contribution in [0.3, 0.4) is 0 Å². The van der Waals surface area contributed by atoms with Crippen LogP contribution in [0.1, 0.15) is 5.56 Å². The second-order valence-corrected chi connectivity index (χ2v) is 5.39. The Morgan fingerprint density at radius 3 is 2.55 bits per heavy atom. The van der Waals surface area contributed by atoms with E-state index in [2.05, 4.69) is 5.32 Å². The smallest absolute Gasteiger partial charge is 0.281 e. The van der Waals surface area contributed by atoms with E-state index < -0.39 is 5.82 Å². The van der Waals surface area contributed by atoms with Crippen LogP contribution in [-0.4, -0.2) is 11.0 Å². The third-order valence-corrected chi connectivity index (χ3v) is 3.80. The number of amides is 1. The summed E-state index contributed by atoms with van der Waals surface area (Å²) < 4.78 is 13.8. The van der Waals surface area contributed by atoms with Crippen LogP contribution in [-0.2, 0) is 4.79 Å². The van der Waals surface area contributed by atoms with E-state index in [0.29, 0.717) is 5.69 Å². The van der Waals surface area contributed by atoms with Gasteiger partial charge in [-0.15, -0.1) is 0 Å². The summed E-state index contributed by atoms with van der Waals surface area (Å²) in [5, 5.41) is 3.27. The zero-order valence-electron chi connectivity index (χ0n) is 11.2. The standard InChI is InChI=1S/C16H10ClFN2OS/c17-12-7-4-8-13(18)11(12)9-14-15(21)20(16(22)19-14)10-5-2-1-3-6-10/h1-9H,(H,19,22). The van der Waals surface area contributed by atoms with E-state index in [-0.39, 0.29) is 27.3 Å². The quantitative estimate of drug-likeness (QED) is 0.671. The lowest BCUT2D eigenvalue weighted by molar-refractivity contribution is -0.113. The van der Waals surface area contributed by atoms with Gasteiger partial charge in [0.1, 0.15) is 11.5 Å². The first-order valence-corrected chi connectivity index (χ1v) is 7.23. The molecule has 1 heterocycles. The van der Waals surface area contributed by atoms with Crippen molar-refractivity contribution in [1.82, 2.24) is 5.32 Å². The summed E-state index contributed by atoms with van der Waals surface area (Å²) in [6.45, 7) is 0. The van der Waals surface area contributed by atoms with E-state index >= 15 is 0 Å². The van der Waals surface area contributed by atoms with Crippen LogP contribution in [0.25, 0.3) is 6.08 Å². The lowest BCUT2D eigenvalue weighted by Crippen LogP contribution is -2.30. The van der Waals surface area contributed by atoms with Gasteiger partial charge in [0.05, 0.1) is 10.7 Å². The number of rotatable bonds is 2. The molecular formula is C16H10ClFN2OS. The molecule has 1 amide bonds. The molecule has 1 aliphatic rings. The van der Waals surface area contributed by atoms with Crippen molar-refractivity contribution in [2.45, 2.75) is 0 Å². The Morgan fingerprint density at radius 1 is 1.14 bits per heavy atom. The molecule has 1 aliphatic heterocycles. The molecule has 3 rings (SSSR count). The fraction of sp³-hybridized carbons (Fsp3) is 0. The minimum atomic E-state index is -0.501. The Labute approximate surface area is 137 Å². The minimum Gasteiger partial charge on any atom is -0.327 e. The molecule has 0 aromatic heterocycles. The van der Waals surface area contributed by atoms with Crippen LogP contribution in [0.4, 0.5) is 10.1 Å². The molecule has 0 spiro atoms. The summed E-state index contributed by atoms with van der Waals surface area (Å²) in [6.07, 6.45) is 1.37. The van der Waals surface area contributed by atoms with Crippen LogP contribution >= 0.6 is 23.8 Å². The number of nitrogens with zero attached hydrogens (tertiary/aromatic N) is 1. The predicted molar refractivity (Wildman–Crippen MR) is 89.0 cm³/mol. The molecule has 3 nitrogen and oxygen atoms in total. The number of benzene rings is 2. The first-order chi connectivity index (χ1) is 10.6. The fourth-order valence-electron chi connectivity index (χ4n) is 2.14. The molecule has 0 unspecified atom stereocenters. The van der Waals surface area contributed by atoms with Gasteiger partial charge in [0.25, 0.3) is 5.91 Å². The SMILES string of the molecule is O=C1C(=Cc2c(F)cccc2Cl)NC(=S)N1c1ccccc1. The van der Waals surface area contributed by atoms with Crippen molar-refractivity contribution in [3.8, 4) is 0 Å². The number of carbonyl (C=O) groups is 1. The van der Waals surface area contributed by atoms with E-state index in [1.165, 1.54) is 23.1 Å². The molecule has 110 valence electrons. The molecule has 1 N–H and O–H groups in total. The normalized spacial score (nSPS) is 16.3. The molecule has 2 aromatic rings. The number of carbonyl (C=O) groups excluding carboxylic acids is 1. The molecule has 2 aromatic carbocycles. The summed E-state index contributed by atoms with van der Waals surface area (Å²) >= 11 is 11.2. The molecule has 6 heteroatoms. The van der Waals surface area contributed by atoms with E-state index in [9.17, 15) is 9.18 Å². The lowest BCUT2D eigenvalue weighted by atomic mass is 10.1. The average molecular weight is 333 g/mol. The maximum Gasteiger partial charge on any atom is 0.281 e. The average Bonchev–Trinajstić information content (AvgIpc) is 2.78. The summed E-state index contributed by atoms with van der Waals surface area (Å²) in [5.74, 6) is -0.853. The van der Waals surface area contributed by atoms with Crippen molar-refractivity contribution in [2.24, 2.45) is 0 Å². The molecule has 1 saturated heterocycles.